The van der Waals surface area contributed by atoms with Crippen molar-refractivity contribution < 1.29 is 23.1 Å². The van der Waals surface area contributed by atoms with E-state index in [2.05, 4.69) is 15.0 Å². The second-order valence-corrected chi connectivity index (χ2v) is 9.50. The van der Waals surface area contributed by atoms with Crippen molar-refractivity contribution in [2.75, 3.05) is 19.6 Å². The van der Waals surface area contributed by atoms with E-state index >= 15 is 0 Å². The van der Waals surface area contributed by atoms with E-state index in [1.807, 2.05) is 21.6 Å². The first-order valence-corrected chi connectivity index (χ1v) is 12.4. The normalized spacial score (nSPS) is 21.8. The van der Waals surface area contributed by atoms with E-state index in [1.165, 1.54) is 0 Å². The van der Waals surface area contributed by atoms with Gasteiger partial charge in [0.25, 0.3) is 5.91 Å². The average Bonchev–Trinajstić information content (AvgIpc) is 3.32. The number of carbonyl (C=O) groups excluding carboxylic acids is 2. The molecule has 1 aliphatic heterocycles. The molecule has 1 N–H and O–H groups in total. The molecule has 1 saturated heterocycles. The summed E-state index contributed by atoms with van der Waals surface area (Å²) in [5.41, 5.74) is 1.44. The highest BCUT2D eigenvalue weighted by Crippen LogP contribution is 2.31. The summed E-state index contributed by atoms with van der Waals surface area (Å²) in [6.45, 7) is -0.518. The minimum absolute atomic E-state index is 0.0489. The van der Waals surface area contributed by atoms with Crippen LogP contribution in [0, 0.1) is 11.8 Å². The molecule has 0 radical (unpaired) electrons. The van der Waals surface area contributed by atoms with Gasteiger partial charge in [0, 0.05) is 44.1 Å². The monoisotopic (exact) mass is 476 g/mol. The van der Waals surface area contributed by atoms with Crippen LogP contribution in [0.15, 0.2) is 30.7 Å². The highest BCUT2D eigenvalue weighted by Gasteiger charge is 2.32. The van der Waals surface area contributed by atoms with Gasteiger partial charge in [-0.25, -0.2) is 4.98 Å². The molecule has 2 fully saturated rings. The minimum Gasteiger partial charge on any atom is -0.352 e. The van der Waals surface area contributed by atoms with Gasteiger partial charge >= 0.3 is 6.61 Å². The van der Waals surface area contributed by atoms with Crippen LogP contribution >= 0.6 is 0 Å². The maximum atomic E-state index is 12.8. The van der Waals surface area contributed by atoms with Gasteiger partial charge in [-0.05, 0) is 63.0 Å². The Labute approximate surface area is 198 Å². The Morgan fingerprint density at radius 1 is 1.09 bits per heavy atom. The molecular formula is C25H34F2N4O3. The van der Waals surface area contributed by atoms with Crippen LogP contribution in [-0.2, 0) is 9.53 Å². The third kappa shape index (κ3) is 6.52. The first-order valence-electron chi connectivity index (χ1n) is 12.4. The number of nitrogens with zero attached hydrogens (tertiary/aromatic N) is 3. The van der Waals surface area contributed by atoms with Crippen molar-refractivity contribution in [1.82, 2.24) is 19.6 Å². The first-order chi connectivity index (χ1) is 16.5. The zero-order chi connectivity index (χ0) is 23.9. The van der Waals surface area contributed by atoms with Gasteiger partial charge in [-0.3, -0.25) is 9.59 Å². The number of fused-ring (bicyclic) bond motifs is 1. The summed E-state index contributed by atoms with van der Waals surface area (Å²) in [6.07, 6.45) is 12.3. The molecule has 7 nitrogen and oxygen atoms in total. The second-order valence-electron chi connectivity index (χ2n) is 9.50. The number of hydrogen-bond acceptors (Lipinski definition) is 4. The number of piperidine rings is 1. The number of amides is 2. The number of hydrogen-bond donors (Lipinski definition) is 1. The fraction of sp³-hybridized carbons (Fsp3) is 0.640. The third-order valence-corrected chi connectivity index (χ3v) is 7.22. The lowest BCUT2D eigenvalue weighted by molar-refractivity contribution is -0.173. The number of halogens is 2. The van der Waals surface area contributed by atoms with Crippen molar-refractivity contribution in [3.63, 3.8) is 0 Å². The molecule has 0 spiro atoms. The Balaban J connectivity index is 1.08. The van der Waals surface area contributed by atoms with Gasteiger partial charge in [-0.2, -0.15) is 8.78 Å². The van der Waals surface area contributed by atoms with Crippen LogP contribution in [0.1, 0.15) is 68.1 Å². The lowest BCUT2D eigenvalue weighted by Gasteiger charge is -2.36. The minimum atomic E-state index is -2.73. The molecular weight excluding hydrogens is 442 g/mol. The fourth-order valence-electron chi connectivity index (χ4n) is 5.21. The third-order valence-electron chi connectivity index (χ3n) is 7.22. The number of pyridine rings is 1. The topological polar surface area (TPSA) is 75.9 Å². The molecule has 9 heteroatoms. The number of alkyl halides is 2. The zero-order valence-corrected chi connectivity index (χ0v) is 19.5. The van der Waals surface area contributed by atoms with Crippen molar-refractivity contribution >= 4 is 17.5 Å². The predicted molar refractivity (Wildman–Crippen MR) is 124 cm³/mol. The van der Waals surface area contributed by atoms with Crippen LogP contribution in [0.2, 0.25) is 0 Å². The standard InChI is InChI=1S/C25H34F2N4O3/c26-25(27)34-21-7-4-19(5-8-21)24(33)30-14-10-18(11-15-30)3-1-2-12-29-23(32)20-6-9-22-28-13-16-31(22)17-20/h6,9,13,16-19,21,25H,1-5,7-8,10-12,14-15H2,(H,29,32). The number of imidazole rings is 1. The summed E-state index contributed by atoms with van der Waals surface area (Å²) in [6, 6.07) is 3.62. The van der Waals surface area contributed by atoms with Gasteiger partial charge < -0.3 is 19.4 Å². The quantitative estimate of drug-likeness (QED) is 0.549. The number of ether oxygens (including phenoxy) is 1. The molecule has 34 heavy (non-hydrogen) atoms. The Morgan fingerprint density at radius 2 is 1.85 bits per heavy atom. The number of carbonyl (C=O) groups is 2. The lowest BCUT2D eigenvalue weighted by atomic mass is 9.85. The maximum Gasteiger partial charge on any atom is 0.345 e. The molecule has 0 bridgehead atoms. The zero-order valence-electron chi connectivity index (χ0n) is 19.5. The van der Waals surface area contributed by atoms with E-state index < -0.39 is 12.7 Å². The number of unbranched alkanes of at least 4 members (excludes halogenated alkanes) is 1. The van der Waals surface area contributed by atoms with Crippen LogP contribution in [0.25, 0.3) is 5.65 Å². The Morgan fingerprint density at radius 3 is 2.59 bits per heavy atom. The van der Waals surface area contributed by atoms with E-state index in [0.29, 0.717) is 43.7 Å². The number of nitrogens with one attached hydrogen (secondary N) is 1. The first kappa shape index (κ1) is 24.6. The molecule has 3 heterocycles. The van der Waals surface area contributed by atoms with Crippen LogP contribution < -0.4 is 5.32 Å². The van der Waals surface area contributed by atoms with Crippen molar-refractivity contribution in [2.24, 2.45) is 11.8 Å². The van der Waals surface area contributed by atoms with Crippen molar-refractivity contribution in [3.05, 3.63) is 36.3 Å². The summed E-state index contributed by atoms with van der Waals surface area (Å²) in [5.74, 6) is 0.675. The number of likely N-dealkylation sites (tertiary alicyclic amines) is 1. The maximum absolute atomic E-state index is 12.8. The molecule has 0 aromatic carbocycles. The van der Waals surface area contributed by atoms with Gasteiger partial charge in [-0.15, -0.1) is 0 Å². The molecule has 2 aromatic heterocycles. The molecule has 186 valence electrons. The second kappa shape index (κ2) is 11.7. The fourth-order valence-corrected chi connectivity index (χ4v) is 5.21. The van der Waals surface area contributed by atoms with Gasteiger partial charge in [0.15, 0.2) is 0 Å². The smallest absolute Gasteiger partial charge is 0.345 e. The van der Waals surface area contributed by atoms with Crippen LogP contribution in [0.3, 0.4) is 0 Å². The van der Waals surface area contributed by atoms with Crippen molar-refractivity contribution in [3.8, 4) is 0 Å². The van der Waals surface area contributed by atoms with E-state index in [-0.39, 0.29) is 17.7 Å². The molecule has 2 amide bonds. The van der Waals surface area contributed by atoms with E-state index in [1.54, 1.807) is 18.5 Å². The number of aromatic nitrogens is 2. The summed E-state index contributed by atoms with van der Waals surface area (Å²) >= 11 is 0. The van der Waals surface area contributed by atoms with E-state index in [9.17, 15) is 18.4 Å². The largest absolute Gasteiger partial charge is 0.352 e. The molecule has 1 saturated carbocycles. The summed E-state index contributed by atoms with van der Waals surface area (Å²) < 4.78 is 31.1. The highest BCUT2D eigenvalue weighted by molar-refractivity contribution is 5.94. The molecule has 2 aliphatic rings. The van der Waals surface area contributed by atoms with Crippen molar-refractivity contribution in [2.45, 2.75) is 70.5 Å². The van der Waals surface area contributed by atoms with Crippen LogP contribution in [0.5, 0.6) is 0 Å². The Bertz CT molecular complexity index is 951. The van der Waals surface area contributed by atoms with E-state index in [0.717, 1.165) is 50.8 Å². The van der Waals surface area contributed by atoms with Crippen molar-refractivity contribution in [1.29, 1.82) is 0 Å². The molecule has 2 aromatic rings. The van der Waals surface area contributed by atoms with Crippen LogP contribution in [-0.4, -0.2) is 58.4 Å². The number of rotatable bonds is 9. The van der Waals surface area contributed by atoms with Gasteiger partial charge in [0.1, 0.15) is 5.65 Å². The average molecular weight is 477 g/mol. The summed E-state index contributed by atoms with van der Waals surface area (Å²) in [4.78, 5) is 31.3. The highest BCUT2D eigenvalue weighted by atomic mass is 19.3. The summed E-state index contributed by atoms with van der Waals surface area (Å²) in [7, 11) is 0. The van der Waals surface area contributed by atoms with Crippen LogP contribution in [0.4, 0.5) is 8.78 Å². The molecule has 1 aliphatic carbocycles. The molecule has 0 atom stereocenters. The predicted octanol–water partition coefficient (Wildman–Crippen LogP) is 4.27. The van der Waals surface area contributed by atoms with Gasteiger partial charge in [-0.1, -0.05) is 12.8 Å². The lowest BCUT2D eigenvalue weighted by Crippen LogP contribution is -2.43. The SMILES string of the molecule is O=C(NCCCCC1CCN(C(=O)C2CCC(OC(F)F)CC2)CC1)c1ccc2nccn2c1. The molecule has 0 unspecified atom stereocenters. The van der Waals surface area contributed by atoms with Gasteiger partial charge in [0.05, 0.1) is 11.7 Å². The Hall–Kier alpha value is -2.55. The Kier molecular flexibility index (Phi) is 8.48. The van der Waals surface area contributed by atoms with E-state index in [4.69, 9.17) is 0 Å². The molecule has 4 rings (SSSR count). The van der Waals surface area contributed by atoms with Gasteiger partial charge in [0.2, 0.25) is 5.91 Å². The summed E-state index contributed by atoms with van der Waals surface area (Å²) in [5, 5.41) is 2.99.